The Morgan fingerprint density at radius 2 is 1.83 bits per heavy atom. The molecule has 0 aliphatic carbocycles. The number of ether oxygens (including phenoxy) is 1. The first-order chi connectivity index (χ1) is 14.7. The molecule has 4 rings (SSSR count). The van der Waals surface area contributed by atoms with Gasteiger partial charge in [0.25, 0.3) is 5.91 Å². The molecular formula is C22H24N6O2. The molecule has 1 aliphatic rings. The maximum absolute atomic E-state index is 12.8. The summed E-state index contributed by atoms with van der Waals surface area (Å²) in [5, 5.41) is 11.8. The van der Waals surface area contributed by atoms with E-state index in [4.69, 9.17) is 4.74 Å². The summed E-state index contributed by atoms with van der Waals surface area (Å²) in [5.74, 6) is 2.29. The minimum atomic E-state index is 0.0415. The number of nitrogens with one attached hydrogen (secondary N) is 1. The average Bonchev–Trinajstić information content (AvgIpc) is 2.81. The molecule has 0 atom stereocenters. The van der Waals surface area contributed by atoms with Crippen molar-refractivity contribution >= 4 is 23.2 Å². The quantitative estimate of drug-likeness (QED) is 0.676. The highest BCUT2D eigenvalue weighted by Gasteiger charge is 2.23. The second kappa shape index (κ2) is 9.21. The lowest BCUT2D eigenvalue weighted by molar-refractivity contribution is 0.0746. The van der Waals surface area contributed by atoms with E-state index in [1.165, 1.54) is 0 Å². The van der Waals surface area contributed by atoms with E-state index in [9.17, 15) is 4.79 Å². The Labute approximate surface area is 175 Å². The lowest BCUT2D eigenvalue weighted by Crippen LogP contribution is -2.49. The highest BCUT2D eigenvalue weighted by Crippen LogP contribution is 2.19. The third kappa shape index (κ3) is 4.65. The van der Waals surface area contributed by atoms with Crippen LogP contribution in [0.1, 0.15) is 17.3 Å². The van der Waals surface area contributed by atoms with E-state index >= 15 is 0 Å². The number of aromatic nitrogens is 3. The molecule has 8 heteroatoms. The minimum Gasteiger partial charge on any atom is -0.494 e. The summed E-state index contributed by atoms with van der Waals surface area (Å²) in [4.78, 5) is 20.8. The maximum atomic E-state index is 12.8. The molecule has 1 saturated heterocycles. The van der Waals surface area contributed by atoms with Crippen LogP contribution in [0.15, 0.2) is 60.9 Å². The topological polar surface area (TPSA) is 83.5 Å². The molecule has 8 nitrogen and oxygen atoms in total. The van der Waals surface area contributed by atoms with Crippen molar-refractivity contribution in [1.82, 2.24) is 20.1 Å². The van der Waals surface area contributed by atoms with Gasteiger partial charge in [0, 0.05) is 37.9 Å². The second-order valence-electron chi connectivity index (χ2n) is 6.88. The van der Waals surface area contributed by atoms with Crippen molar-refractivity contribution in [3.63, 3.8) is 0 Å². The molecule has 1 aromatic carbocycles. The van der Waals surface area contributed by atoms with Crippen LogP contribution >= 0.6 is 0 Å². The van der Waals surface area contributed by atoms with Gasteiger partial charge in [0.15, 0.2) is 11.6 Å². The van der Waals surface area contributed by atoms with E-state index in [2.05, 4.69) is 25.4 Å². The highest BCUT2D eigenvalue weighted by atomic mass is 16.5. The lowest BCUT2D eigenvalue weighted by atomic mass is 10.1. The Balaban J connectivity index is 1.32. The number of benzene rings is 1. The number of hydrogen-bond donors (Lipinski definition) is 1. The number of carbonyl (C=O) groups is 1. The van der Waals surface area contributed by atoms with E-state index in [0.29, 0.717) is 44.2 Å². The molecule has 0 radical (unpaired) electrons. The van der Waals surface area contributed by atoms with Gasteiger partial charge in [0.1, 0.15) is 5.75 Å². The molecule has 1 amide bonds. The van der Waals surface area contributed by atoms with Crippen LogP contribution in [0.3, 0.4) is 0 Å². The highest BCUT2D eigenvalue weighted by molar-refractivity contribution is 5.94. The van der Waals surface area contributed by atoms with Gasteiger partial charge in [0.2, 0.25) is 0 Å². The Bertz CT molecular complexity index is 955. The number of rotatable bonds is 6. The number of carbonyl (C=O) groups excluding carboxylic acids is 1. The largest absolute Gasteiger partial charge is 0.494 e. The van der Waals surface area contributed by atoms with Gasteiger partial charge in [-0.05, 0) is 55.5 Å². The molecule has 0 spiro atoms. The zero-order valence-electron chi connectivity index (χ0n) is 16.9. The van der Waals surface area contributed by atoms with E-state index < -0.39 is 0 Å². The Hall–Kier alpha value is -3.68. The first kappa shape index (κ1) is 19.6. The van der Waals surface area contributed by atoms with Crippen LogP contribution in [-0.4, -0.2) is 58.8 Å². The third-order valence-corrected chi connectivity index (χ3v) is 4.89. The summed E-state index contributed by atoms with van der Waals surface area (Å²) >= 11 is 0. The van der Waals surface area contributed by atoms with Crippen molar-refractivity contribution in [2.24, 2.45) is 0 Å². The summed E-state index contributed by atoms with van der Waals surface area (Å²) in [6.07, 6.45) is 3.45. The molecule has 3 aromatic rings. The summed E-state index contributed by atoms with van der Waals surface area (Å²) < 4.78 is 5.44. The molecule has 0 unspecified atom stereocenters. The number of piperazine rings is 1. The van der Waals surface area contributed by atoms with Crippen LogP contribution in [0, 0.1) is 0 Å². The molecule has 2 aromatic heterocycles. The SMILES string of the molecule is CCOc1ccc(C(=O)N2CCN(c3ccc(Nc4cccnc4)nn3)CC2)cc1. The van der Waals surface area contributed by atoms with Gasteiger partial charge in [0.05, 0.1) is 18.5 Å². The number of hydrogen-bond acceptors (Lipinski definition) is 7. The van der Waals surface area contributed by atoms with Crippen LogP contribution < -0.4 is 15.0 Å². The predicted octanol–water partition coefficient (Wildman–Crippen LogP) is 2.98. The Morgan fingerprint density at radius 3 is 2.47 bits per heavy atom. The number of nitrogens with zero attached hydrogens (tertiary/aromatic N) is 5. The fourth-order valence-electron chi connectivity index (χ4n) is 3.33. The second-order valence-corrected chi connectivity index (χ2v) is 6.88. The van der Waals surface area contributed by atoms with Gasteiger partial charge in [-0.1, -0.05) is 0 Å². The summed E-state index contributed by atoms with van der Waals surface area (Å²) in [5.41, 5.74) is 1.54. The van der Waals surface area contributed by atoms with Crippen molar-refractivity contribution in [3.05, 3.63) is 66.5 Å². The van der Waals surface area contributed by atoms with Crippen LogP contribution in [0.4, 0.5) is 17.3 Å². The first-order valence-electron chi connectivity index (χ1n) is 10.0. The molecule has 0 bridgehead atoms. The molecule has 30 heavy (non-hydrogen) atoms. The van der Waals surface area contributed by atoms with E-state index in [0.717, 1.165) is 17.3 Å². The number of pyridine rings is 1. The zero-order valence-corrected chi connectivity index (χ0v) is 16.9. The molecule has 1 N–H and O–H groups in total. The van der Waals surface area contributed by atoms with Crippen LogP contribution in [0.25, 0.3) is 0 Å². The fraction of sp³-hybridized carbons (Fsp3) is 0.273. The Kier molecular flexibility index (Phi) is 6.03. The molecule has 3 heterocycles. The molecule has 154 valence electrons. The fourth-order valence-corrected chi connectivity index (χ4v) is 3.33. The van der Waals surface area contributed by atoms with Crippen molar-refractivity contribution in [3.8, 4) is 5.75 Å². The van der Waals surface area contributed by atoms with Gasteiger partial charge in [-0.25, -0.2) is 0 Å². The van der Waals surface area contributed by atoms with Gasteiger partial charge in [-0.2, -0.15) is 0 Å². The molecule has 1 fully saturated rings. The van der Waals surface area contributed by atoms with E-state index in [1.54, 1.807) is 12.4 Å². The summed E-state index contributed by atoms with van der Waals surface area (Å²) in [7, 11) is 0. The number of amides is 1. The molecular weight excluding hydrogens is 380 g/mol. The first-order valence-corrected chi connectivity index (χ1v) is 10.0. The smallest absolute Gasteiger partial charge is 0.253 e. The standard InChI is InChI=1S/C22H24N6O2/c1-2-30-19-7-5-17(6-8-19)22(29)28-14-12-27(13-15-28)21-10-9-20(25-26-21)24-18-4-3-11-23-16-18/h3-11,16H,2,12-15H2,1H3,(H,24,25). The zero-order chi connectivity index (χ0) is 20.8. The van der Waals surface area contributed by atoms with Gasteiger partial charge in [-0.15, -0.1) is 10.2 Å². The molecule has 0 saturated carbocycles. The van der Waals surface area contributed by atoms with Gasteiger partial charge in [-0.3, -0.25) is 9.78 Å². The Morgan fingerprint density at radius 1 is 1.03 bits per heavy atom. The van der Waals surface area contributed by atoms with Gasteiger partial charge >= 0.3 is 0 Å². The lowest BCUT2D eigenvalue weighted by Gasteiger charge is -2.35. The van der Waals surface area contributed by atoms with Crippen molar-refractivity contribution in [1.29, 1.82) is 0 Å². The van der Waals surface area contributed by atoms with E-state index in [-0.39, 0.29) is 5.91 Å². The van der Waals surface area contributed by atoms with E-state index in [1.807, 2.05) is 60.4 Å². The third-order valence-electron chi connectivity index (χ3n) is 4.89. The predicted molar refractivity (Wildman–Crippen MR) is 115 cm³/mol. The monoisotopic (exact) mass is 404 g/mol. The summed E-state index contributed by atoms with van der Waals surface area (Å²) in [6, 6.07) is 14.9. The van der Waals surface area contributed by atoms with Crippen LogP contribution in [0.2, 0.25) is 0 Å². The average molecular weight is 404 g/mol. The maximum Gasteiger partial charge on any atom is 0.253 e. The minimum absolute atomic E-state index is 0.0415. The van der Waals surface area contributed by atoms with Crippen molar-refractivity contribution in [2.45, 2.75) is 6.92 Å². The van der Waals surface area contributed by atoms with Crippen LogP contribution in [-0.2, 0) is 0 Å². The van der Waals surface area contributed by atoms with Gasteiger partial charge < -0.3 is 19.9 Å². The number of anilines is 3. The van der Waals surface area contributed by atoms with Crippen molar-refractivity contribution in [2.75, 3.05) is 43.0 Å². The normalized spacial score (nSPS) is 13.8. The van der Waals surface area contributed by atoms with Crippen LogP contribution in [0.5, 0.6) is 5.75 Å². The van der Waals surface area contributed by atoms with Crippen molar-refractivity contribution < 1.29 is 9.53 Å². The summed E-state index contributed by atoms with van der Waals surface area (Å²) in [6.45, 7) is 5.26. The molecule has 1 aliphatic heterocycles.